The van der Waals surface area contributed by atoms with E-state index >= 15 is 0 Å². The van der Waals surface area contributed by atoms with Crippen LogP contribution in [-0.4, -0.2) is 72.8 Å². The molecule has 2 heterocycles. The molecule has 4 amide bonds. The standard InChI is InChI=1S/C26H38N4O5/c1-25(2,3)35-24(33)29-11-5-6-19(15-29)22(31)30-16-26(17-30)12-20(13-26)28-23(32)27-14-18-7-9-21(34-4)10-8-18/h7-10,19-20H,5-6,11-17H2,1-4H3,(H2,27,28,32). The summed E-state index contributed by atoms with van der Waals surface area (Å²) < 4.78 is 10.6. The summed E-state index contributed by atoms with van der Waals surface area (Å²) in [6, 6.07) is 7.57. The molecule has 1 aromatic carbocycles. The van der Waals surface area contributed by atoms with Crippen molar-refractivity contribution in [3.05, 3.63) is 29.8 Å². The van der Waals surface area contributed by atoms with Crippen molar-refractivity contribution in [3.8, 4) is 5.75 Å². The third-order valence-electron chi connectivity index (χ3n) is 7.09. The normalized spacial score (nSPS) is 21.5. The maximum absolute atomic E-state index is 13.0. The molecule has 3 aliphatic rings. The quantitative estimate of drug-likeness (QED) is 0.666. The molecule has 1 unspecified atom stereocenters. The van der Waals surface area contributed by atoms with Crippen LogP contribution in [0.15, 0.2) is 24.3 Å². The van der Waals surface area contributed by atoms with E-state index < -0.39 is 5.60 Å². The monoisotopic (exact) mass is 486 g/mol. The zero-order chi connectivity index (χ0) is 25.2. The fraction of sp³-hybridized carbons (Fsp3) is 0.654. The fourth-order valence-corrected chi connectivity index (χ4v) is 5.36. The first kappa shape index (κ1) is 25.1. The summed E-state index contributed by atoms with van der Waals surface area (Å²) >= 11 is 0. The Morgan fingerprint density at radius 1 is 1.09 bits per heavy atom. The van der Waals surface area contributed by atoms with Crippen molar-refractivity contribution in [2.75, 3.05) is 33.3 Å². The van der Waals surface area contributed by atoms with Crippen LogP contribution < -0.4 is 15.4 Å². The van der Waals surface area contributed by atoms with Gasteiger partial charge in [-0.25, -0.2) is 9.59 Å². The predicted octanol–water partition coefficient (Wildman–Crippen LogP) is 3.13. The molecular formula is C26H38N4O5. The van der Waals surface area contributed by atoms with Crippen LogP contribution in [0, 0.1) is 11.3 Å². The third-order valence-corrected chi connectivity index (χ3v) is 7.09. The molecule has 0 aromatic heterocycles. The first-order valence-electron chi connectivity index (χ1n) is 12.5. The molecule has 1 atom stereocenters. The van der Waals surface area contributed by atoms with Gasteiger partial charge in [0, 0.05) is 44.2 Å². The Hall–Kier alpha value is -2.97. The predicted molar refractivity (Wildman–Crippen MR) is 131 cm³/mol. The van der Waals surface area contributed by atoms with Crippen molar-refractivity contribution in [3.63, 3.8) is 0 Å². The molecule has 1 aromatic rings. The Labute approximate surface area is 207 Å². The van der Waals surface area contributed by atoms with Crippen molar-refractivity contribution >= 4 is 18.0 Å². The number of likely N-dealkylation sites (tertiary alicyclic amines) is 2. The smallest absolute Gasteiger partial charge is 0.410 e. The maximum atomic E-state index is 13.0. The van der Waals surface area contributed by atoms with Crippen LogP contribution in [0.5, 0.6) is 5.75 Å². The number of carbonyl (C=O) groups is 3. The molecule has 0 radical (unpaired) electrons. The Morgan fingerprint density at radius 3 is 2.40 bits per heavy atom. The molecule has 3 fully saturated rings. The van der Waals surface area contributed by atoms with E-state index in [1.807, 2.05) is 49.9 Å². The van der Waals surface area contributed by atoms with E-state index in [0.717, 1.165) is 50.1 Å². The summed E-state index contributed by atoms with van der Waals surface area (Å²) in [5.74, 6) is 0.763. The van der Waals surface area contributed by atoms with E-state index in [9.17, 15) is 14.4 Å². The second-order valence-corrected chi connectivity index (χ2v) is 11.2. The largest absolute Gasteiger partial charge is 0.497 e. The first-order valence-corrected chi connectivity index (χ1v) is 12.5. The fourth-order valence-electron chi connectivity index (χ4n) is 5.36. The van der Waals surface area contributed by atoms with Gasteiger partial charge in [0.05, 0.1) is 13.0 Å². The van der Waals surface area contributed by atoms with Crippen LogP contribution in [0.4, 0.5) is 9.59 Å². The minimum Gasteiger partial charge on any atom is -0.497 e. The molecule has 2 saturated heterocycles. The molecule has 1 spiro atoms. The number of hydrogen-bond acceptors (Lipinski definition) is 5. The lowest BCUT2D eigenvalue weighted by atomic mass is 9.60. The van der Waals surface area contributed by atoms with Crippen LogP contribution >= 0.6 is 0 Å². The van der Waals surface area contributed by atoms with Crippen molar-refractivity contribution in [1.82, 2.24) is 20.4 Å². The highest BCUT2D eigenvalue weighted by molar-refractivity contribution is 5.81. The molecule has 192 valence electrons. The number of ether oxygens (including phenoxy) is 2. The van der Waals surface area contributed by atoms with Gasteiger partial charge in [-0.05, 0) is 64.2 Å². The van der Waals surface area contributed by atoms with Gasteiger partial charge in [-0.3, -0.25) is 4.79 Å². The second kappa shape index (κ2) is 9.95. The number of nitrogens with zero attached hydrogens (tertiary/aromatic N) is 2. The second-order valence-electron chi connectivity index (χ2n) is 11.2. The van der Waals surface area contributed by atoms with Crippen molar-refractivity contribution in [1.29, 1.82) is 0 Å². The number of urea groups is 1. The van der Waals surface area contributed by atoms with E-state index in [4.69, 9.17) is 9.47 Å². The van der Waals surface area contributed by atoms with E-state index in [1.54, 1.807) is 12.0 Å². The number of rotatable bonds is 5. The van der Waals surface area contributed by atoms with Crippen LogP contribution in [0.2, 0.25) is 0 Å². The molecule has 0 bridgehead atoms. The molecule has 1 aliphatic carbocycles. The van der Waals surface area contributed by atoms with Crippen LogP contribution in [0.3, 0.4) is 0 Å². The van der Waals surface area contributed by atoms with Gasteiger partial charge in [-0.15, -0.1) is 0 Å². The van der Waals surface area contributed by atoms with Gasteiger partial charge in [-0.2, -0.15) is 0 Å². The van der Waals surface area contributed by atoms with Crippen molar-refractivity contribution < 1.29 is 23.9 Å². The van der Waals surface area contributed by atoms with Crippen molar-refractivity contribution in [2.45, 2.75) is 64.6 Å². The number of nitrogens with one attached hydrogen (secondary N) is 2. The molecule has 9 heteroatoms. The Balaban J connectivity index is 1.15. The summed E-state index contributed by atoms with van der Waals surface area (Å²) in [5.41, 5.74) is 0.592. The molecule has 35 heavy (non-hydrogen) atoms. The highest BCUT2D eigenvalue weighted by Gasteiger charge is 2.54. The maximum Gasteiger partial charge on any atom is 0.410 e. The number of piperidine rings is 1. The van der Waals surface area contributed by atoms with Gasteiger partial charge in [0.15, 0.2) is 0 Å². The SMILES string of the molecule is COc1ccc(CNC(=O)NC2CC3(C2)CN(C(=O)C2CCCN(C(=O)OC(C)(C)C)C2)C3)cc1. The lowest BCUT2D eigenvalue weighted by molar-refractivity contribution is -0.157. The topological polar surface area (TPSA) is 100 Å². The summed E-state index contributed by atoms with van der Waals surface area (Å²) in [6.07, 6.45) is 3.06. The van der Waals surface area contributed by atoms with Gasteiger partial charge < -0.3 is 29.9 Å². The van der Waals surface area contributed by atoms with E-state index in [2.05, 4.69) is 10.6 Å². The number of amides is 4. The van der Waals surface area contributed by atoms with Crippen LogP contribution in [0.1, 0.15) is 52.0 Å². The summed E-state index contributed by atoms with van der Waals surface area (Å²) in [7, 11) is 1.62. The average Bonchev–Trinajstić information content (AvgIpc) is 2.77. The zero-order valence-corrected chi connectivity index (χ0v) is 21.3. The van der Waals surface area contributed by atoms with E-state index in [-0.39, 0.29) is 35.4 Å². The van der Waals surface area contributed by atoms with Crippen LogP contribution in [0.25, 0.3) is 0 Å². The van der Waals surface area contributed by atoms with Gasteiger partial charge in [0.25, 0.3) is 0 Å². The summed E-state index contributed by atoms with van der Waals surface area (Å²) in [5, 5.41) is 5.94. The average molecular weight is 487 g/mol. The number of benzene rings is 1. The van der Waals surface area contributed by atoms with E-state index in [1.165, 1.54) is 0 Å². The Bertz CT molecular complexity index is 928. The van der Waals surface area contributed by atoms with Gasteiger partial charge in [0.2, 0.25) is 5.91 Å². The Morgan fingerprint density at radius 2 is 1.77 bits per heavy atom. The third kappa shape index (κ3) is 6.18. The highest BCUT2D eigenvalue weighted by atomic mass is 16.6. The number of hydrogen-bond donors (Lipinski definition) is 2. The molecule has 1 saturated carbocycles. The first-order chi connectivity index (χ1) is 16.6. The van der Waals surface area contributed by atoms with Gasteiger partial charge >= 0.3 is 12.1 Å². The number of methoxy groups -OCH3 is 1. The minimum atomic E-state index is -0.542. The van der Waals surface area contributed by atoms with Crippen molar-refractivity contribution in [2.24, 2.45) is 11.3 Å². The van der Waals surface area contributed by atoms with Gasteiger partial charge in [-0.1, -0.05) is 12.1 Å². The minimum absolute atomic E-state index is 0.128. The highest BCUT2D eigenvalue weighted by Crippen LogP contribution is 2.48. The van der Waals surface area contributed by atoms with Crippen LogP contribution in [-0.2, 0) is 16.1 Å². The summed E-state index contributed by atoms with van der Waals surface area (Å²) in [6.45, 7) is 8.54. The molecule has 9 nitrogen and oxygen atoms in total. The zero-order valence-electron chi connectivity index (χ0n) is 21.3. The molecule has 4 rings (SSSR count). The molecule has 2 N–H and O–H groups in total. The molecule has 2 aliphatic heterocycles. The summed E-state index contributed by atoms with van der Waals surface area (Å²) in [4.78, 5) is 41.3. The molecular weight excluding hydrogens is 448 g/mol. The lowest BCUT2D eigenvalue weighted by Crippen LogP contribution is -2.69. The van der Waals surface area contributed by atoms with Gasteiger partial charge in [0.1, 0.15) is 11.4 Å². The van der Waals surface area contributed by atoms with E-state index in [0.29, 0.717) is 19.6 Å². The number of carbonyl (C=O) groups excluding carboxylic acids is 3. The Kier molecular flexibility index (Phi) is 7.15. The lowest BCUT2D eigenvalue weighted by Gasteiger charge is -2.59.